The molecule has 0 atom stereocenters. The fraction of sp³-hybridized carbons (Fsp3) is 0.500. The second-order valence-corrected chi connectivity index (χ2v) is 6.10. The van der Waals surface area contributed by atoms with Gasteiger partial charge in [-0.25, -0.2) is 18.1 Å². The third-order valence-electron chi connectivity index (χ3n) is 3.02. The lowest BCUT2D eigenvalue weighted by atomic mass is 10.1. The van der Waals surface area contributed by atoms with E-state index in [1.807, 2.05) is 0 Å². The molecule has 0 radical (unpaired) electrons. The normalized spacial score (nSPS) is 17.9. The van der Waals surface area contributed by atoms with Crippen molar-refractivity contribution in [3.05, 3.63) is 18.3 Å². The second kappa shape index (κ2) is 4.25. The van der Waals surface area contributed by atoms with Crippen LogP contribution in [0, 0.1) is 5.41 Å². The van der Waals surface area contributed by atoms with Crippen molar-refractivity contribution in [3.63, 3.8) is 0 Å². The Morgan fingerprint density at radius 2 is 2.24 bits per heavy atom. The number of aliphatic hydroxyl groups is 1. The summed E-state index contributed by atoms with van der Waals surface area (Å²) >= 11 is 0. The molecule has 0 aromatic carbocycles. The number of pyridine rings is 1. The molecule has 0 amide bonds. The molecule has 4 N–H and O–H groups in total. The summed E-state index contributed by atoms with van der Waals surface area (Å²) in [7, 11) is -3.64. The zero-order valence-electron chi connectivity index (χ0n) is 9.26. The van der Waals surface area contributed by atoms with Crippen LogP contribution in [0.2, 0.25) is 0 Å². The number of sulfonamides is 1. The average molecular weight is 257 g/mol. The average Bonchev–Trinajstić information content (AvgIpc) is 3.08. The molecule has 1 aromatic rings. The highest BCUT2D eigenvalue weighted by atomic mass is 32.2. The summed E-state index contributed by atoms with van der Waals surface area (Å²) in [6.07, 6.45) is 3.12. The van der Waals surface area contributed by atoms with E-state index >= 15 is 0 Å². The maximum Gasteiger partial charge on any atom is 0.244 e. The first-order valence-electron chi connectivity index (χ1n) is 5.30. The van der Waals surface area contributed by atoms with E-state index in [9.17, 15) is 8.42 Å². The number of hydrogen-bond donors (Lipinski definition) is 3. The number of aromatic nitrogens is 1. The van der Waals surface area contributed by atoms with Gasteiger partial charge in [-0.3, -0.25) is 0 Å². The van der Waals surface area contributed by atoms with Crippen LogP contribution < -0.4 is 10.5 Å². The Morgan fingerprint density at radius 1 is 1.53 bits per heavy atom. The molecule has 1 aromatic heterocycles. The Hall–Kier alpha value is -1.18. The third-order valence-corrected chi connectivity index (χ3v) is 4.47. The second-order valence-electron chi connectivity index (χ2n) is 4.37. The molecule has 7 heteroatoms. The van der Waals surface area contributed by atoms with E-state index in [1.54, 1.807) is 0 Å². The van der Waals surface area contributed by atoms with Crippen LogP contribution in [0.1, 0.15) is 12.8 Å². The van der Waals surface area contributed by atoms with Crippen molar-refractivity contribution in [2.75, 3.05) is 18.9 Å². The van der Waals surface area contributed by atoms with Crippen LogP contribution in [0.25, 0.3) is 0 Å². The van der Waals surface area contributed by atoms with Crippen molar-refractivity contribution < 1.29 is 13.5 Å². The van der Waals surface area contributed by atoms with Crippen LogP contribution >= 0.6 is 0 Å². The minimum atomic E-state index is -3.64. The van der Waals surface area contributed by atoms with E-state index in [-0.39, 0.29) is 29.3 Å². The fourth-order valence-corrected chi connectivity index (χ4v) is 2.76. The first-order chi connectivity index (χ1) is 7.99. The maximum atomic E-state index is 11.9. The molecule has 1 aliphatic rings. The highest BCUT2D eigenvalue weighted by Gasteiger charge is 2.42. The van der Waals surface area contributed by atoms with Crippen molar-refractivity contribution >= 4 is 15.8 Å². The molecule has 0 unspecified atom stereocenters. The van der Waals surface area contributed by atoms with Crippen molar-refractivity contribution in [2.45, 2.75) is 17.7 Å². The van der Waals surface area contributed by atoms with Gasteiger partial charge in [0, 0.05) is 24.8 Å². The predicted molar refractivity (Wildman–Crippen MR) is 62.6 cm³/mol. The van der Waals surface area contributed by atoms with E-state index in [2.05, 4.69) is 9.71 Å². The SMILES string of the molecule is Nc1ncccc1S(=O)(=O)NCC1(CO)CC1. The largest absolute Gasteiger partial charge is 0.396 e. The number of nitrogens with two attached hydrogens (primary N) is 1. The molecular formula is C10H15N3O3S. The molecule has 0 aliphatic heterocycles. The van der Waals surface area contributed by atoms with Crippen LogP contribution in [0.15, 0.2) is 23.2 Å². The molecule has 1 fully saturated rings. The Balaban J connectivity index is 2.12. The number of nitrogens with one attached hydrogen (secondary N) is 1. The third kappa shape index (κ3) is 2.56. The summed E-state index contributed by atoms with van der Waals surface area (Å²) in [5.74, 6) is -0.0196. The summed E-state index contributed by atoms with van der Waals surface area (Å²) in [6, 6.07) is 2.92. The summed E-state index contributed by atoms with van der Waals surface area (Å²) in [4.78, 5) is 3.72. The summed E-state index contributed by atoms with van der Waals surface area (Å²) in [6.45, 7) is 0.234. The lowest BCUT2D eigenvalue weighted by Gasteiger charge is -2.13. The molecule has 0 spiro atoms. The molecule has 94 valence electrons. The molecule has 1 saturated carbocycles. The van der Waals surface area contributed by atoms with Gasteiger partial charge in [-0.2, -0.15) is 0 Å². The van der Waals surface area contributed by atoms with E-state index in [0.29, 0.717) is 0 Å². The van der Waals surface area contributed by atoms with E-state index in [0.717, 1.165) is 12.8 Å². The Bertz CT molecular complexity index is 511. The number of nitrogens with zero attached hydrogens (tertiary/aromatic N) is 1. The molecule has 1 heterocycles. The lowest BCUT2D eigenvalue weighted by molar-refractivity contribution is 0.213. The van der Waals surface area contributed by atoms with Crippen LogP contribution in [-0.4, -0.2) is 31.7 Å². The van der Waals surface area contributed by atoms with Gasteiger partial charge in [0.25, 0.3) is 0 Å². The summed E-state index contributed by atoms with van der Waals surface area (Å²) in [5, 5.41) is 9.11. The Morgan fingerprint density at radius 3 is 2.76 bits per heavy atom. The monoisotopic (exact) mass is 257 g/mol. The van der Waals surface area contributed by atoms with Gasteiger partial charge < -0.3 is 10.8 Å². The number of rotatable bonds is 5. The number of nitrogen functional groups attached to an aromatic ring is 1. The van der Waals surface area contributed by atoms with E-state index < -0.39 is 10.0 Å². The first kappa shape index (κ1) is 12.3. The van der Waals surface area contributed by atoms with E-state index in [4.69, 9.17) is 10.8 Å². The quantitative estimate of drug-likeness (QED) is 0.672. The van der Waals surface area contributed by atoms with Crippen LogP contribution in [0.3, 0.4) is 0 Å². The van der Waals surface area contributed by atoms with Crippen LogP contribution in [-0.2, 0) is 10.0 Å². The molecule has 0 bridgehead atoms. The van der Waals surface area contributed by atoms with Crippen molar-refractivity contribution in [1.29, 1.82) is 0 Å². The molecule has 0 saturated heterocycles. The van der Waals surface area contributed by atoms with Gasteiger partial charge in [0.15, 0.2) is 0 Å². The zero-order valence-corrected chi connectivity index (χ0v) is 10.1. The Kier molecular flexibility index (Phi) is 3.07. The standard InChI is InChI=1S/C10H15N3O3S/c11-9-8(2-1-5-12-9)17(15,16)13-6-10(7-14)3-4-10/h1-2,5,13-14H,3-4,6-7H2,(H2,11,12). The first-order valence-corrected chi connectivity index (χ1v) is 6.78. The molecular weight excluding hydrogens is 242 g/mol. The molecule has 2 rings (SSSR count). The van der Waals surface area contributed by atoms with Gasteiger partial charge in [0.05, 0.1) is 0 Å². The maximum absolute atomic E-state index is 11.9. The van der Waals surface area contributed by atoms with Crippen molar-refractivity contribution in [3.8, 4) is 0 Å². The summed E-state index contributed by atoms with van der Waals surface area (Å²) in [5.41, 5.74) is 5.24. The van der Waals surface area contributed by atoms with E-state index in [1.165, 1.54) is 18.3 Å². The highest BCUT2D eigenvalue weighted by molar-refractivity contribution is 7.89. The Labute approximate surface area is 99.9 Å². The zero-order chi connectivity index (χ0) is 12.5. The van der Waals surface area contributed by atoms with Gasteiger partial charge in [0.1, 0.15) is 10.7 Å². The van der Waals surface area contributed by atoms with Gasteiger partial charge in [0.2, 0.25) is 10.0 Å². The predicted octanol–water partition coefficient (Wildman–Crippen LogP) is -0.285. The van der Waals surface area contributed by atoms with Crippen LogP contribution in [0.4, 0.5) is 5.82 Å². The van der Waals surface area contributed by atoms with Gasteiger partial charge >= 0.3 is 0 Å². The minimum absolute atomic E-state index is 0.00194. The smallest absolute Gasteiger partial charge is 0.244 e. The lowest BCUT2D eigenvalue weighted by Crippen LogP contribution is -2.32. The van der Waals surface area contributed by atoms with Crippen LogP contribution in [0.5, 0.6) is 0 Å². The molecule has 6 nitrogen and oxygen atoms in total. The van der Waals surface area contributed by atoms with Crippen molar-refractivity contribution in [1.82, 2.24) is 9.71 Å². The molecule has 17 heavy (non-hydrogen) atoms. The van der Waals surface area contributed by atoms with Gasteiger partial charge in [-0.15, -0.1) is 0 Å². The number of aliphatic hydroxyl groups excluding tert-OH is 1. The number of anilines is 1. The molecule has 1 aliphatic carbocycles. The minimum Gasteiger partial charge on any atom is -0.396 e. The topological polar surface area (TPSA) is 105 Å². The number of hydrogen-bond acceptors (Lipinski definition) is 5. The van der Waals surface area contributed by atoms with Crippen molar-refractivity contribution in [2.24, 2.45) is 5.41 Å². The fourth-order valence-electron chi connectivity index (χ4n) is 1.52. The summed E-state index contributed by atoms with van der Waals surface area (Å²) < 4.78 is 26.3. The highest BCUT2D eigenvalue weighted by Crippen LogP contribution is 2.44. The van der Waals surface area contributed by atoms with Gasteiger partial charge in [-0.1, -0.05) is 0 Å². The van der Waals surface area contributed by atoms with Gasteiger partial charge in [-0.05, 0) is 25.0 Å².